The minimum absolute atomic E-state index is 0.243. The van der Waals surface area contributed by atoms with Gasteiger partial charge in [0, 0.05) is 11.7 Å². The van der Waals surface area contributed by atoms with Crippen LogP contribution < -0.4 is 10.1 Å². The number of ether oxygens (including phenoxy) is 1. The fourth-order valence-corrected chi connectivity index (χ4v) is 3.15. The third kappa shape index (κ3) is 3.18. The number of halogens is 1. The number of nitrogens with one attached hydrogen (secondary N) is 1. The predicted molar refractivity (Wildman–Crippen MR) is 102 cm³/mol. The smallest absolute Gasteiger partial charge is 0.278 e. The minimum Gasteiger partial charge on any atom is -0.495 e. The lowest BCUT2D eigenvalue weighted by Crippen LogP contribution is -2.38. The number of benzene rings is 2. The highest BCUT2D eigenvalue weighted by molar-refractivity contribution is 6.37. The number of methoxy groups -OCH3 is 1. The molecule has 0 spiro atoms. The molecule has 26 heavy (non-hydrogen) atoms. The minimum atomic E-state index is -0.351. The lowest BCUT2D eigenvalue weighted by Gasteiger charge is -2.19. The molecule has 2 amide bonds. The Morgan fingerprint density at radius 1 is 1.04 bits per heavy atom. The van der Waals surface area contributed by atoms with Gasteiger partial charge in [0.2, 0.25) is 0 Å². The van der Waals surface area contributed by atoms with Crippen LogP contribution in [0.5, 0.6) is 5.75 Å². The second-order valence-electron chi connectivity index (χ2n) is 6.16. The molecule has 0 radical (unpaired) electrons. The van der Waals surface area contributed by atoms with Gasteiger partial charge in [0.15, 0.2) is 0 Å². The quantitative estimate of drug-likeness (QED) is 0.809. The van der Waals surface area contributed by atoms with E-state index in [4.69, 9.17) is 16.3 Å². The average molecular weight is 371 g/mol. The second kappa shape index (κ2) is 7.22. The highest BCUT2D eigenvalue weighted by Gasteiger charge is 2.40. The summed E-state index contributed by atoms with van der Waals surface area (Å²) >= 11 is 6.17. The van der Waals surface area contributed by atoms with E-state index in [1.54, 1.807) is 18.2 Å². The molecule has 2 aromatic rings. The van der Waals surface area contributed by atoms with E-state index in [2.05, 4.69) is 5.32 Å². The first-order valence-electron chi connectivity index (χ1n) is 8.22. The van der Waals surface area contributed by atoms with Gasteiger partial charge < -0.3 is 10.1 Å². The Labute approximate surface area is 157 Å². The van der Waals surface area contributed by atoms with E-state index in [0.29, 0.717) is 27.6 Å². The van der Waals surface area contributed by atoms with Crippen molar-refractivity contribution in [1.29, 1.82) is 0 Å². The Hall–Kier alpha value is -2.79. The molecule has 0 unspecified atom stereocenters. The summed E-state index contributed by atoms with van der Waals surface area (Å²) in [6.45, 7) is 3.62. The molecule has 0 bridgehead atoms. The number of nitrogens with zero attached hydrogens (tertiary/aromatic N) is 1. The molecule has 134 valence electrons. The molecular weight excluding hydrogens is 352 g/mol. The van der Waals surface area contributed by atoms with Crippen molar-refractivity contribution >= 4 is 34.7 Å². The molecule has 0 aliphatic carbocycles. The third-order valence-electron chi connectivity index (χ3n) is 4.12. The van der Waals surface area contributed by atoms with Gasteiger partial charge in [0.25, 0.3) is 11.8 Å². The van der Waals surface area contributed by atoms with Crippen LogP contribution in [-0.2, 0) is 9.59 Å². The summed E-state index contributed by atoms with van der Waals surface area (Å²) in [5.74, 6) is -0.124. The Bertz CT molecular complexity index is 891. The molecule has 0 aromatic heterocycles. The number of imide groups is 1. The highest BCUT2D eigenvalue weighted by atomic mass is 35.5. The van der Waals surface area contributed by atoms with Crippen LogP contribution in [0.15, 0.2) is 54.2 Å². The van der Waals surface area contributed by atoms with Gasteiger partial charge in [-0.05, 0) is 37.6 Å². The molecule has 3 rings (SSSR count). The van der Waals surface area contributed by atoms with E-state index in [1.165, 1.54) is 12.0 Å². The fourth-order valence-electron chi connectivity index (χ4n) is 2.89. The lowest BCUT2D eigenvalue weighted by atomic mass is 10.0. The van der Waals surface area contributed by atoms with Crippen molar-refractivity contribution < 1.29 is 14.3 Å². The summed E-state index contributed by atoms with van der Waals surface area (Å²) in [5, 5.41) is 3.49. The Kier molecular flexibility index (Phi) is 5.00. The van der Waals surface area contributed by atoms with Crippen molar-refractivity contribution in [3.63, 3.8) is 0 Å². The number of rotatable bonds is 5. The van der Waals surface area contributed by atoms with Crippen molar-refractivity contribution in [2.75, 3.05) is 12.4 Å². The van der Waals surface area contributed by atoms with Crippen molar-refractivity contribution in [3.05, 3.63) is 64.8 Å². The molecule has 1 aliphatic rings. The summed E-state index contributed by atoms with van der Waals surface area (Å²) in [7, 11) is 1.53. The Morgan fingerprint density at radius 2 is 1.73 bits per heavy atom. The van der Waals surface area contributed by atoms with Gasteiger partial charge >= 0.3 is 0 Å². The van der Waals surface area contributed by atoms with Crippen molar-refractivity contribution in [2.24, 2.45) is 0 Å². The van der Waals surface area contributed by atoms with Gasteiger partial charge in [-0.2, -0.15) is 0 Å². The number of amides is 2. The van der Waals surface area contributed by atoms with Crippen molar-refractivity contribution in [1.82, 2.24) is 4.90 Å². The number of hydrogen-bond donors (Lipinski definition) is 1. The van der Waals surface area contributed by atoms with Crippen LogP contribution in [0.4, 0.5) is 5.69 Å². The van der Waals surface area contributed by atoms with Gasteiger partial charge in [-0.1, -0.05) is 41.9 Å². The Balaban J connectivity index is 2.07. The standard InChI is InChI=1S/C20H19ClN2O3/c1-12(2)23-19(24)17(13-7-5-4-6-8-13)18(20(23)25)22-14-9-10-16(26-3)15(21)11-14/h4-12,22H,1-3H3. The van der Waals surface area contributed by atoms with Gasteiger partial charge in [-0.15, -0.1) is 0 Å². The summed E-state index contributed by atoms with van der Waals surface area (Å²) in [4.78, 5) is 27.0. The topological polar surface area (TPSA) is 58.6 Å². The van der Waals surface area contributed by atoms with Crippen LogP contribution in [0.3, 0.4) is 0 Å². The van der Waals surface area contributed by atoms with E-state index >= 15 is 0 Å². The molecular formula is C20H19ClN2O3. The molecule has 0 atom stereocenters. The first kappa shape index (κ1) is 18.0. The number of carbonyl (C=O) groups is 2. The van der Waals surface area contributed by atoms with E-state index in [9.17, 15) is 9.59 Å². The first-order valence-corrected chi connectivity index (χ1v) is 8.60. The largest absolute Gasteiger partial charge is 0.495 e. The molecule has 5 nitrogen and oxygen atoms in total. The average Bonchev–Trinajstić information content (AvgIpc) is 2.86. The number of anilines is 1. The van der Waals surface area contributed by atoms with Crippen molar-refractivity contribution in [2.45, 2.75) is 19.9 Å². The SMILES string of the molecule is COc1ccc(NC2=C(c3ccccc3)C(=O)N(C(C)C)C2=O)cc1Cl. The normalized spacial score (nSPS) is 14.4. The zero-order valence-electron chi connectivity index (χ0n) is 14.7. The molecule has 6 heteroatoms. The summed E-state index contributed by atoms with van der Waals surface area (Å²) < 4.78 is 5.15. The van der Waals surface area contributed by atoms with Crippen LogP contribution in [0.25, 0.3) is 5.57 Å². The van der Waals surface area contributed by atoms with Crippen LogP contribution in [0, 0.1) is 0 Å². The molecule has 0 saturated heterocycles. The monoisotopic (exact) mass is 370 g/mol. The highest BCUT2D eigenvalue weighted by Crippen LogP contribution is 2.33. The van der Waals surface area contributed by atoms with E-state index in [-0.39, 0.29) is 23.6 Å². The lowest BCUT2D eigenvalue weighted by molar-refractivity contribution is -0.138. The van der Waals surface area contributed by atoms with Gasteiger partial charge in [0.1, 0.15) is 11.4 Å². The molecule has 0 fully saturated rings. The van der Waals surface area contributed by atoms with E-state index in [0.717, 1.165) is 0 Å². The zero-order chi connectivity index (χ0) is 18.8. The van der Waals surface area contributed by atoms with Gasteiger partial charge in [-0.25, -0.2) is 0 Å². The molecule has 0 saturated carbocycles. The molecule has 1 aliphatic heterocycles. The number of hydrogen-bond acceptors (Lipinski definition) is 4. The summed E-state index contributed by atoms with van der Waals surface area (Å²) in [5.41, 5.74) is 1.90. The first-order chi connectivity index (χ1) is 12.4. The van der Waals surface area contributed by atoms with Crippen LogP contribution in [0.2, 0.25) is 5.02 Å². The second-order valence-corrected chi connectivity index (χ2v) is 6.57. The van der Waals surface area contributed by atoms with Gasteiger partial charge in [0.05, 0.1) is 17.7 Å². The Morgan fingerprint density at radius 3 is 2.31 bits per heavy atom. The van der Waals surface area contributed by atoms with Crippen LogP contribution in [-0.4, -0.2) is 29.9 Å². The molecule has 1 heterocycles. The maximum atomic E-state index is 12.9. The van der Waals surface area contributed by atoms with E-state index < -0.39 is 0 Å². The fraction of sp³-hybridized carbons (Fsp3) is 0.200. The predicted octanol–water partition coefficient (Wildman–Crippen LogP) is 3.95. The zero-order valence-corrected chi connectivity index (χ0v) is 15.5. The maximum absolute atomic E-state index is 12.9. The van der Waals surface area contributed by atoms with E-state index in [1.807, 2.05) is 44.2 Å². The summed E-state index contributed by atoms with van der Waals surface area (Å²) in [6.07, 6.45) is 0. The molecule has 1 N–H and O–H groups in total. The number of carbonyl (C=O) groups excluding carboxylic acids is 2. The third-order valence-corrected chi connectivity index (χ3v) is 4.41. The van der Waals surface area contributed by atoms with Crippen LogP contribution >= 0.6 is 11.6 Å². The summed E-state index contributed by atoms with van der Waals surface area (Å²) in [6, 6.07) is 14.0. The molecule has 2 aromatic carbocycles. The van der Waals surface area contributed by atoms with Gasteiger partial charge in [-0.3, -0.25) is 14.5 Å². The van der Waals surface area contributed by atoms with Crippen LogP contribution in [0.1, 0.15) is 19.4 Å². The maximum Gasteiger partial charge on any atom is 0.278 e. The van der Waals surface area contributed by atoms with Crippen molar-refractivity contribution in [3.8, 4) is 5.75 Å².